The molecule has 0 unspecified atom stereocenters. The number of rotatable bonds is 6. The first-order chi connectivity index (χ1) is 8.25. The van der Waals surface area contributed by atoms with Gasteiger partial charge in [0.2, 0.25) is 0 Å². The van der Waals surface area contributed by atoms with Crippen LogP contribution in [-0.4, -0.2) is 22.9 Å². The van der Waals surface area contributed by atoms with Crippen LogP contribution in [0.3, 0.4) is 0 Å². The molecule has 2 heterocycles. The fourth-order valence-corrected chi connectivity index (χ4v) is 2.77. The van der Waals surface area contributed by atoms with Crippen LogP contribution < -0.4 is 5.32 Å². The summed E-state index contributed by atoms with van der Waals surface area (Å²) in [6.07, 6.45) is 3.90. The van der Waals surface area contributed by atoms with Gasteiger partial charge in [-0.2, -0.15) is 5.10 Å². The normalized spacial score (nSPS) is 10.9. The fraction of sp³-hybridized carbons (Fsp3) is 0.417. The van der Waals surface area contributed by atoms with Crippen molar-refractivity contribution in [1.82, 2.24) is 15.1 Å². The van der Waals surface area contributed by atoms with Gasteiger partial charge in [0, 0.05) is 36.8 Å². The van der Waals surface area contributed by atoms with Crippen molar-refractivity contribution in [3.8, 4) is 0 Å². The lowest BCUT2D eigenvalue weighted by molar-refractivity contribution is 0.643. The fourth-order valence-electron chi connectivity index (χ4n) is 1.69. The Hall–Kier alpha value is -0.840. The van der Waals surface area contributed by atoms with Crippen LogP contribution in [0.15, 0.2) is 24.4 Å². The summed E-state index contributed by atoms with van der Waals surface area (Å²) >= 11 is 7.53. The van der Waals surface area contributed by atoms with Crippen LogP contribution in [0.1, 0.15) is 10.6 Å². The second kappa shape index (κ2) is 6.19. The molecule has 92 valence electrons. The summed E-state index contributed by atoms with van der Waals surface area (Å²) < 4.78 is 2.79. The van der Waals surface area contributed by atoms with Gasteiger partial charge in [-0.1, -0.05) is 11.6 Å². The minimum atomic E-state index is 0.870. The number of nitrogens with zero attached hydrogens (tertiary/aromatic N) is 2. The van der Waals surface area contributed by atoms with Crippen molar-refractivity contribution in [3.05, 3.63) is 39.3 Å². The zero-order valence-electron chi connectivity index (χ0n) is 9.82. The molecule has 5 heteroatoms. The molecule has 2 aromatic heterocycles. The number of hydrogen-bond donors (Lipinski definition) is 1. The molecule has 0 saturated carbocycles. The van der Waals surface area contributed by atoms with E-state index in [0.717, 1.165) is 30.3 Å². The molecule has 0 atom stereocenters. The van der Waals surface area contributed by atoms with Gasteiger partial charge in [0.05, 0.1) is 4.34 Å². The number of aryl methyl sites for hydroxylation is 1. The summed E-state index contributed by atoms with van der Waals surface area (Å²) in [4.78, 5) is 1.34. The van der Waals surface area contributed by atoms with E-state index in [4.69, 9.17) is 11.6 Å². The minimum Gasteiger partial charge on any atom is -0.316 e. The lowest BCUT2D eigenvalue weighted by Crippen LogP contribution is -2.20. The minimum absolute atomic E-state index is 0.870. The molecular weight excluding hydrogens is 254 g/mol. The summed E-state index contributed by atoms with van der Waals surface area (Å²) in [5.41, 5.74) is 1.26. The van der Waals surface area contributed by atoms with Gasteiger partial charge in [0.25, 0.3) is 0 Å². The maximum absolute atomic E-state index is 5.87. The van der Waals surface area contributed by atoms with E-state index in [1.54, 1.807) is 11.3 Å². The Morgan fingerprint density at radius 1 is 1.29 bits per heavy atom. The molecule has 17 heavy (non-hydrogen) atoms. The third-order valence-corrected chi connectivity index (χ3v) is 3.95. The molecular formula is C12H16ClN3S. The predicted octanol–water partition coefficient (Wildman–Crippen LogP) is 2.51. The zero-order chi connectivity index (χ0) is 12.1. The van der Waals surface area contributed by atoms with Gasteiger partial charge in [-0.05, 0) is 31.2 Å². The van der Waals surface area contributed by atoms with Crippen LogP contribution in [0.2, 0.25) is 4.34 Å². The Balaban J connectivity index is 1.62. The Labute approximate surface area is 110 Å². The van der Waals surface area contributed by atoms with E-state index in [-0.39, 0.29) is 0 Å². The van der Waals surface area contributed by atoms with Crippen LogP contribution in [0, 0.1) is 0 Å². The number of aromatic nitrogens is 2. The van der Waals surface area contributed by atoms with Gasteiger partial charge in [-0.3, -0.25) is 4.68 Å². The number of nitrogens with one attached hydrogen (secondary N) is 1. The highest BCUT2D eigenvalue weighted by molar-refractivity contribution is 7.16. The van der Waals surface area contributed by atoms with Gasteiger partial charge in [0.15, 0.2) is 0 Å². The van der Waals surface area contributed by atoms with Crippen molar-refractivity contribution in [2.24, 2.45) is 7.05 Å². The quantitative estimate of drug-likeness (QED) is 0.817. The average molecular weight is 270 g/mol. The monoisotopic (exact) mass is 269 g/mol. The lowest BCUT2D eigenvalue weighted by Gasteiger charge is -2.04. The molecule has 0 bridgehead atoms. The topological polar surface area (TPSA) is 29.9 Å². The van der Waals surface area contributed by atoms with Crippen LogP contribution in [-0.2, 0) is 19.9 Å². The van der Waals surface area contributed by atoms with E-state index < -0.39 is 0 Å². The summed E-state index contributed by atoms with van der Waals surface area (Å²) in [5, 5.41) is 7.57. The predicted molar refractivity (Wildman–Crippen MR) is 72.8 cm³/mol. The van der Waals surface area contributed by atoms with E-state index in [2.05, 4.69) is 22.5 Å². The summed E-state index contributed by atoms with van der Waals surface area (Å²) in [6.45, 7) is 1.98. The third-order valence-electron chi connectivity index (χ3n) is 2.66. The van der Waals surface area contributed by atoms with Crippen LogP contribution in [0.4, 0.5) is 0 Å². The van der Waals surface area contributed by atoms with Crippen molar-refractivity contribution in [2.75, 3.05) is 13.1 Å². The van der Waals surface area contributed by atoms with Crippen LogP contribution >= 0.6 is 22.9 Å². The average Bonchev–Trinajstić information content (AvgIpc) is 2.88. The molecule has 2 aromatic rings. The van der Waals surface area contributed by atoms with Crippen LogP contribution in [0.5, 0.6) is 0 Å². The second-order valence-corrected chi connectivity index (χ2v) is 5.70. The summed E-state index contributed by atoms with van der Waals surface area (Å²) in [7, 11) is 1.98. The Bertz CT molecular complexity index is 464. The molecule has 0 aliphatic carbocycles. The lowest BCUT2D eigenvalue weighted by atomic mass is 10.3. The smallest absolute Gasteiger partial charge is 0.0931 e. The maximum atomic E-state index is 5.87. The molecule has 0 saturated heterocycles. The van der Waals surface area contributed by atoms with E-state index in [1.807, 2.05) is 24.0 Å². The molecule has 0 aliphatic heterocycles. The first kappa shape index (κ1) is 12.6. The van der Waals surface area contributed by atoms with Crippen LogP contribution in [0.25, 0.3) is 0 Å². The largest absolute Gasteiger partial charge is 0.316 e. The second-order valence-electron chi connectivity index (χ2n) is 3.90. The van der Waals surface area contributed by atoms with E-state index in [1.165, 1.54) is 10.6 Å². The number of thiophene rings is 1. The highest BCUT2D eigenvalue weighted by atomic mass is 35.5. The first-order valence-electron chi connectivity index (χ1n) is 5.67. The summed E-state index contributed by atoms with van der Waals surface area (Å²) in [5.74, 6) is 0. The molecule has 0 aromatic carbocycles. The Kier molecular flexibility index (Phi) is 4.59. The van der Waals surface area contributed by atoms with Gasteiger partial charge < -0.3 is 5.32 Å². The molecule has 0 spiro atoms. The SMILES string of the molecule is Cn1nccc1CCNCCc1ccc(Cl)s1. The van der Waals surface area contributed by atoms with Crippen molar-refractivity contribution in [3.63, 3.8) is 0 Å². The third kappa shape index (κ3) is 3.84. The molecule has 1 N–H and O–H groups in total. The summed E-state index contributed by atoms with van der Waals surface area (Å²) in [6, 6.07) is 6.10. The van der Waals surface area contributed by atoms with Crippen molar-refractivity contribution in [2.45, 2.75) is 12.8 Å². The Morgan fingerprint density at radius 2 is 2.12 bits per heavy atom. The molecule has 2 rings (SSSR count). The zero-order valence-corrected chi connectivity index (χ0v) is 11.4. The molecule has 0 radical (unpaired) electrons. The van der Waals surface area contributed by atoms with E-state index in [0.29, 0.717) is 0 Å². The molecule has 0 fully saturated rings. The molecule has 3 nitrogen and oxygen atoms in total. The van der Waals surface area contributed by atoms with E-state index >= 15 is 0 Å². The maximum Gasteiger partial charge on any atom is 0.0931 e. The number of hydrogen-bond acceptors (Lipinski definition) is 3. The molecule has 0 aliphatic rings. The van der Waals surface area contributed by atoms with Gasteiger partial charge in [0.1, 0.15) is 0 Å². The standard InChI is InChI=1S/C12H16ClN3S/c1-16-10(5-9-15-16)4-7-14-8-6-11-2-3-12(13)17-11/h2-3,5,9,14H,4,6-8H2,1H3. The van der Waals surface area contributed by atoms with Crippen molar-refractivity contribution >= 4 is 22.9 Å². The van der Waals surface area contributed by atoms with Crippen molar-refractivity contribution in [1.29, 1.82) is 0 Å². The Morgan fingerprint density at radius 3 is 2.76 bits per heavy atom. The van der Waals surface area contributed by atoms with Gasteiger partial charge >= 0.3 is 0 Å². The molecule has 0 amide bonds. The highest BCUT2D eigenvalue weighted by Crippen LogP contribution is 2.21. The highest BCUT2D eigenvalue weighted by Gasteiger charge is 1.99. The van der Waals surface area contributed by atoms with Crippen molar-refractivity contribution < 1.29 is 0 Å². The first-order valence-corrected chi connectivity index (χ1v) is 6.87. The number of halogens is 1. The van der Waals surface area contributed by atoms with E-state index in [9.17, 15) is 0 Å². The van der Waals surface area contributed by atoms with Gasteiger partial charge in [-0.25, -0.2) is 0 Å². The van der Waals surface area contributed by atoms with Gasteiger partial charge in [-0.15, -0.1) is 11.3 Å².